The van der Waals surface area contributed by atoms with Gasteiger partial charge in [-0.3, -0.25) is 4.79 Å². The van der Waals surface area contributed by atoms with E-state index in [1.54, 1.807) is 19.1 Å². The summed E-state index contributed by atoms with van der Waals surface area (Å²) in [4.78, 5) is 12.2. The third kappa shape index (κ3) is 3.76. The highest BCUT2D eigenvalue weighted by Crippen LogP contribution is 2.25. The van der Waals surface area contributed by atoms with Crippen molar-refractivity contribution in [2.75, 3.05) is 5.32 Å². The van der Waals surface area contributed by atoms with Crippen molar-refractivity contribution in [1.29, 1.82) is 0 Å². The first-order valence-electron chi connectivity index (χ1n) is 6.77. The Kier molecular flexibility index (Phi) is 4.86. The molecule has 0 saturated carbocycles. The standard InChI is InChI=1S/C17H18ClNO2/c1-11-7-6-8-12(2)16(11)21-13(3)17(20)19-15-10-5-4-9-14(15)18/h4-10,13H,1-3H3,(H,19,20)/t13-/m0/s1. The van der Waals surface area contributed by atoms with Gasteiger partial charge in [0.05, 0.1) is 10.7 Å². The smallest absolute Gasteiger partial charge is 0.265 e. The lowest BCUT2D eigenvalue weighted by Gasteiger charge is -2.18. The summed E-state index contributed by atoms with van der Waals surface area (Å²) >= 11 is 6.03. The van der Waals surface area contributed by atoms with Crippen LogP contribution in [0.4, 0.5) is 5.69 Å². The number of amides is 1. The SMILES string of the molecule is Cc1cccc(C)c1O[C@@H](C)C(=O)Nc1ccccc1Cl. The third-order valence-electron chi connectivity index (χ3n) is 3.20. The molecule has 2 aromatic carbocycles. The molecule has 110 valence electrons. The number of anilines is 1. The Morgan fingerprint density at radius 2 is 1.71 bits per heavy atom. The Balaban J connectivity index is 2.08. The van der Waals surface area contributed by atoms with Crippen LogP contribution >= 0.6 is 11.6 Å². The first-order chi connectivity index (χ1) is 9.99. The van der Waals surface area contributed by atoms with Crippen molar-refractivity contribution < 1.29 is 9.53 Å². The fourth-order valence-corrected chi connectivity index (χ4v) is 2.20. The predicted octanol–water partition coefficient (Wildman–Crippen LogP) is 4.36. The molecule has 0 fully saturated rings. The van der Waals surface area contributed by atoms with Crippen molar-refractivity contribution in [3.05, 3.63) is 58.6 Å². The molecule has 1 atom stereocenters. The highest BCUT2D eigenvalue weighted by Gasteiger charge is 2.17. The van der Waals surface area contributed by atoms with Gasteiger partial charge in [0.1, 0.15) is 5.75 Å². The van der Waals surface area contributed by atoms with Crippen molar-refractivity contribution in [3.63, 3.8) is 0 Å². The lowest BCUT2D eigenvalue weighted by molar-refractivity contribution is -0.122. The number of carbonyl (C=O) groups is 1. The molecule has 4 heteroatoms. The number of para-hydroxylation sites is 2. The van der Waals surface area contributed by atoms with Crippen LogP contribution in [0, 0.1) is 13.8 Å². The highest BCUT2D eigenvalue weighted by molar-refractivity contribution is 6.33. The van der Waals surface area contributed by atoms with E-state index in [1.807, 2.05) is 44.2 Å². The lowest BCUT2D eigenvalue weighted by atomic mass is 10.1. The van der Waals surface area contributed by atoms with E-state index in [-0.39, 0.29) is 5.91 Å². The van der Waals surface area contributed by atoms with Crippen molar-refractivity contribution in [1.82, 2.24) is 0 Å². The molecular formula is C17H18ClNO2. The van der Waals surface area contributed by atoms with Gasteiger partial charge in [0.25, 0.3) is 5.91 Å². The maximum atomic E-state index is 12.2. The average molecular weight is 304 g/mol. The van der Waals surface area contributed by atoms with Crippen molar-refractivity contribution in [2.45, 2.75) is 26.9 Å². The van der Waals surface area contributed by atoms with Gasteiger partial charge >= 0.3 is 0 Å². The molecular weight excluding hydrogens is 286 g/mol. The fourth-order valence-electron chi connectivity index (χ4n) is 2.01. The predicted molar refractivity (Wildman–Crippen MR) is 86.1 cm³/mol. The van der Waals surface area contributed by atoms with Crippen LogP contribution in [0.15, 0.2) is 42.5 Å². The molecule has 0 aliphatic carbocycles. The lowest BCUT2D eigenvalue weighted by Crippen LogP contribution is -2.30. The van der Waals surface area contributed by atoms with Crippen LogP contribution in [0.5, 0.6) is 5.75 Å². The molecule has 0 unspecified atom stereocenters. The molecule has 0 bridgehead atoms. The monoisotopic (exact) mass is 303 g/mol. The fraction of sp³-hybridized carbons (Fsp3) is 0.235. The summed E-state index contributed by atoms with van der Waals surface area (Å²) in [6.07, 6.45) is -0.610. The van der Waals surface area contributed by atoms with Crippen LogP contribution in [-0.4, -0.2) is 12.0 Å². The number of hydrogen-bond donors (Lipinski definition) is 1. The van der Waals surface area contributed by atoms with E-state index in [1.165, 1.54) is 0 Å². The summed E-state index contributed by atoms with van der Waals surface area (Å²) in [5.41, 5.74) is 2.60. The molecule has 1 N–H and O–H groups in total. The summed E-state index contributed by atoms with van der Waals surface area (Å²) in [6.45, 7) is 5.64. The van der Waals surface area contributed by atoms with Gasteiger partial charge < -0.3 is 10.1 Å². The summed E-state index contributed by atoms with van der Waals surface area (Å²) in [5.74, 6) is 0.519. The molecule has 0 aliphatic rings. The van der Waals surface area contributed by atoms with E-state index < -0.39 is 6.10 Å². The molecule has 0 spiro atoms. The van der Waals surface area contributed by atoms with E-state index in [4.69, 9.17) is 16.3 Å². The zero-order chi connectivity index (χ0) is 15.4. The van der Waals surface area contributed by atoms with E-state index in [0.717, 1.165) is 16.9 Å². The minimum atomic E-state index is -0.610. The van der Waals surface area contributed by atoms with E-state index in [2.05, 4.69) is 5.32 Å². The molecule has 0 aromatic heterocycles. The second-order valence-electron chi connectivity index (χ2n) is 4.95. The molecule has 0 heterocycles. The van der Waals surface area contributed by atoms with Crippen LogP contribution in [0.2, 0.25) is 5.02 Å². The molecule has 0 aliphatic heterocycles. The van der Waals surface area contributed by atoms with Gasteiger partial charge in [-0.05, 0) is 44.0 Å². The summed E-state index contributed by atoms with van der Waals surface area (Å²) in [5, 5.41) is 3.28. The van der Waals surface area contributed by atoms with Crippen LogP contribution in [-0.2, 0) is 4.79 Å². The molecule has 0 radical (unpaired) electrons. The van der Waals surface area contributed by atoms with Crippen LogP contribution in [0.25, 0.3) is 0 Å². The van der Waals surface area contributed by atoms with Crippen LogP contribution in [0.1, 0.15) is 18.1 Å². The maximum absolute atomic E-state index is 12.2. The Bertz CT molecular complexity index is 635. The Hall–Kier alpha value is -2.00. The number of nitrogens with one attached hydrogen (secondary N) is 1. The number of aryl methyl sites for hydroxylation is 2. The largest absolute Gasteiger partial charge is 0.480 e. The topological polar surface area (TPSA) is 38.3 Å². The molecule has 21 heavy (non-hydrogen) atoms. The van der Waals surface area contributed by atoms with Crippen molar-refractivity contribution in [2.24, 2.45) is 0 Å². The van der Waals surface area contributed by atoms with Gasteiger partial charge in [-0.2, -0.15) is 0 Å². The van der Waals surface area contributed by atoms with Crippen LogP contribution in [0.3, 0.4) is 0 Å². The second-order valence-corrected chi connectivity index (χ2v) is 5.36. The number of benzene rings is 2. The first-order valence-corrected chi connectivity index (χ1v) is 7.15. The maximum Gasteiger partial charge on any atom is 0.265 e. The minimum Gasteiger partial charge on any atom is -0.480 e. The Morgan fingerprint density at radius 3 is 2.33 bits per heavy atom. The average Bonchev–Trinajstić information content (AvgIpc) is 2.45. The zero-order valence-electron chi connectivity index (χ0n) is 12.3. The van der Waals surface area contributed by atoms with Crippen molar-refractivity contribution >= 4 is 23.2 Å². The van der Waals surface area contributed by atoms with Gasteiger partial charge in [-0.15, -0.1) is 0 Å². The Morgan fingerprint density at radius 1 is 1.10 bits per heavy atom. The number of hydrogen-bond acceptors (Lipinski definition) is 2. The molecule has 3 nitrogen and oxygen atoms in total. The summed E-state index contributed by atoms with van der Waals surface area (Å²) < 4.78 is 5.79. The van der Waals surface area contributed by atoms with Crippen LogP contribution < -0.4 is 10.1 Å². The van der Waals surface area contributed by atoms with Gasteiger partial charge in [0, 0.05) is 0 Å². The van der Waals surface area contributed by atoms with E-state index >= 15 is 0 Å². The number of ether oxygens (including phenoxy) is 1. The second kappa shape index (κ2) is 6.64. The normalized spacial score (nSPS) is 11.8. The molecule has 2 rings (SSSR count). The first kappa shape index (κ1) is 15.4. The van der Waals surface area contributed by atoms with Gasteiger partial charge in [0.15, 0.2) is 6.10 Å². The molecule has 2 aromatic rings. The third-order valence-corrected chi connectivity index (χ3v) is 3.53. The van der Waals surface area contributed by atoms with Crippen molar-refractivity contribution in [3.8, 4) is 5.75 Å². The summed E-state index contributed by atoms with van der Waals surface area (Å²) in [6, 6.07) is 13.0. The van der Waals surface area contributed by atoms with Gasteiger partial charge in [-0.1, -0.05) is 41.9 Å². The molecule has 1 amide bonds. The quantitative estimate of drug-likeness (QED) is 0.911. The van der Waals surface area contributed by atoms with Gasteiger partial charge in [0.2, 0.25) is 0 Å². The Labute approximate surface area is 129 Å². The zero-order valence-corrected chi connectivity index (χ0v) is 13.1. The highest BCUT2D eigenvalue weighted by atomic mass is 35.5. The summed E-state index contributed by atoms with van der Waals surface area (Å²) in [7, 11) is 0. The number of rotatable bonds is 4. The van der Waals surface area contributed by atoms with E-state index in [9.17, 15) is 4.79 Å². The number of halogens is 1. The number of carbonyl (C=O) groups excluding carboxylic acids is 1. The van der Waals surface area contributed by atoms with E-state index in [0.29, 0.717) is 10.7 Å². The van der Waals surface area contributed by atoms with Gasteiger partial charge in [-0.25, -0.2) is 0 Å². The molecule has 0 saturated heterocycles. The minimum absolute atomic E-state index is 0.231.